The quantitative estimate of drug-likeness (QED) is 0.519. The molecule has 4 nitrogen and oxygen atoms in total. The van der Waals surface area contributed by atoms with Gasteiger partial charge in [0.15, 0.2) is 0 Å². The van der Waals surface area contributed by atoms with E-state index in [9.17, 15) is 5.11 Å². The number of aliphatic hydroxyl groups excluding tert-OH is 2. The Bertz CT molecular complexity index is 119. The van der Waals surface area contributed by atoms with Gasteiger partial charge in [-0.1, -0.05) is 0 Å². The molecule has 0 aromatic heterocycles. The van der Waals surface area contributed by atoms with E-state index in [0.29, 0.717) is 13.2 Å². The van der Waals surface area contributed by atoms with Gasteiger partial charge < -0.3 is 20.3 Å². The first-order valence-electron chi connectivity index (χ1n) is 4.70. The number of rotatable bonds is 7. The molecule has 0 spiro atoms. The van der Waals surface area contributed by atoms with Crippen LogP contribution in [0.4, 0.5) is 0 Å². The molecule has 0 amide bonds. The van der Waals surface area contributed by atoms with Crippen LogP contribution in [0.25, 0.3) is 0 Å². The van der Waals surface area contributed by atoms with Gasteiger partial charge in [-0.3, -0.25) is 0 Å². The predicted molar refractivity (Wildman–Crippen MR) is 51.6 cm³/mol. The van der Waals surface area contributed by atoms with Crippen LogP contribution in [0.15, 0.2) is 0 Å². The second-order valence-corrected chi connectivity index (χ2v) is 3.53. The molecule has 80 valence electrons. The average molecular weight is 191 g/mol. The molecule has 0 aliphatic heterocycles. The van der Waals surface area contributed by atoms with Crippen molar-refractivity contribution < 1.29 is 14.9 Å². The highest BCUT2D eigenvalue weighted by molar-refractivity contribution is 4.63. The highest BCUT2D eigenvalue weighted by Gasteiger charge is 2.07. The van der Waals surface area contributed by atoms with E-state index in [4.69, 9.17) is 9.84 Å². The zero-order valence-corrected chi connectivity index (χ0v) is 8.66. The van der Waals surface area contributed by atoms with Crippen LogP contribution in [0.2, 0.25) is 0 Å². The zero-order chi connectivity index (χ0) is 10.3. The molecule has 0 aromatic rings. The summed E-state index contributed by atoms with van der Waals surface area (Å²) >= 11 is 0. The van der Waals surface area contributed by atoms with Crippen molar-refractivity contribution in [1.29, 1.82) is 0 Å². The molecule has 0 rings (SSSR count). The average Bonchev–Trinajstić information content (AvgIpc) is 2.10. The Morgan fingerprint density at radius 1 is 1.31 bits per heavy atom. The highest BCUT2D eigenvalue weighted by atomic mass is 16.5. The molecule has 0 aromatic carbocycles. The molecule has 2 unspecified atom stereocenters. The highest BCUT2D eigenvalue weighted by Crippen LogP contribution is 1.91. The van der Waals surface area contributed by atoms with Crippen molar-refractivity contribution in [3.63, 3.8) is 0 Å². The molecule has 0 heterocycles. The second-order valence-electron chi connectivity index (χ2n) is 3.53. The summed E-state index contributed by atoms with van der Waals surface area (Å²) in [5.74, 6) is 0. The van der Waals surface area contributed by atoms with Gasteiger partial charge in [-0.15, -0.1) is 0 Å². The van der Waals surface area contributed by atoms with Crippen LogP contribution >= 0.6 is 0 Å². The maximum atomic E-state index is 9.37. The fourth-order valence-corrected chi connectivity index (χ4v) is 0.764. The summed E-state index contributed by atoms with van der Waals surface area (Å²) in [5.41, 5.74) is 0. The van der Waals surface area contributed by atoms with E-state index in [1.54, 1.807) is 0 Å². The van der Waals surface area contributed by atoms with Gasteiger partial charge in [0.05, 0.1) is 25.4 Å². The number of hydrogen-bond donors (Lipinski definition) is 3. The molecule has 0 fully saturated rings. The zero-order valence-electron chi connectivity index (χ0n) is 8.66. The third kappa shape index (κ3) is 8.18. The summed E-state index contributed by atoms with van der Waals surface area (Å²) < 4.78 is 5.22. The molecule has 0 aliphatic rings. The molecule has 4 heteroatoms. The van der Waals surface area contributed by atoms with Crippen LogP contribution in [0.5, 0.6) is 0 Å². The standard InChI is InChI=1S/C9H21NO3/c1-7(2)13-6-9(12)4-10-8(3)5-11/h7-12H,4-6H2,1-3H3. The third-order valence-electron chi connectivity index (χ3n) is 1.60. The van der Waals surface area contributed by atoms with Gasteiger partial charge in [-0.25, -0.2) is 0 Å². The Morgan fingerprint density at radius 2 is 1.92 bits per heavy atom. The summed E-state index contributed by atoms with van der Waals surface area (Å²) in [7, 11) is 0. The van der Waals surface area contributed by atoms with E-state index >= 15 is 0 Å². The van der Waals surface area contributed by atoms with Gasteiger partial charge >= 0.3 is 0 Å². The van der Waals surface area contributed by atoms with Gasteiger partial charge in [0.1, 0.15) is 0 Å². The van der Waals surface area contributed by atoms with E-state index < -0.39 is 6.10 Å². The van der Waals surface area contributed by atoms with Gasteiger partial charge in [0.2, 0.25) is 0 Å². The Morgan fingerprint density at radius 3 is 2.38 bits per heavy atom. The van der Waals surface area contributed by atoms with Crippen LogP contribution in [0.3, 0.4) is 0 Å². The van der Waals surface area contributed by atoms with Crippen molar-refractivity contribution in [2.24, 2.45) is 0 Å². The normalized spacial score (nSPS) is 16.2. The molecule has 3 N–H and O–H groups in total. The van der Waals surface area contributed by atoms with Crippen molar-refractivity contribution in [2.75, 3.05) is 19.8 Å². The van der Waals surface area contributed by atoms with Crippen molar-refractivity contribution in [2.45, 2.75) is 39.0 Å². The van der Waals surface area contributed by atoms with Gasteiger partial charge in [-0.05, 0) is 20.8 Å². The minimum Gasteiger partial charge on any atom is -0.395 e. The first-order chi connectivity index (χ1) is 6.06. The summed E-state index contributed by atoms with van der Waals surface area (Å²) in [6, 6.07) is 0.0219. The van der Waals surface area contributed by atoms with Crippen LogP contribution in [0.1, 0.15) is 20.8 Å². The molecule has 0 radical (unpaired) electrons. The van der Waals surface area contributed by atoms with Crippen LogP contribution < -0.4 is 5.32 Å². The number of hydrogen-bond acceptors (Lipinski definition) is 4. The van der Waals surface area contributed by atoms with Gasteiger partial charge in [0, 0.05) is 12.6 Å². The lowest BCUT2D eigenvalue weighted by atomic mass is 10.3. The summed E-state index contributed by atoms with van der Waals surface area (Å²) in [6.45, 7) is 6.58. The monoisotopic (exact) mass is 191 g/mol. The van der Waals surface area contributed by atoms with E-state index in [2.05, 4.69) is 5.32 Å². The molecule has 0 aliphatic carbocycles. The largest absolute Gasteiger partial charge is 0.395 e. The van der Waals surface area contributed by atoms with E-state index in [1.807, 2.05) is 20.8 Å². The fraction of sp³-hybridized carbons (Fsp3) is 1.00. The summed E-state index contributed by atoms with van der Waals surface area (Å²) in [6.07, 6.45) is -0.360. The summed E-state index contributed by atoms with van der Waals surface area (Å²) in [4.78, 5) is 0. The maximum absolute atomic E-state index is 9.37. The first-order valence-corrected chi connectivity index (χ1v) is 4.70. The lowest BCUT2D eigenvalue weighted by Crippen LogP contribution is -2.38. The molecule has 13 heavy (non-hydrogen) atoms. The van der Waals surface area contributed by atoms with Crippen molar-refractivity contribution in [3.05, 3.63) is 0 Å². The number of nitrogens with one attached hydrogen (secondary N) is 1. The van der Waals surface area contributed by atoms with Crippen molar-refractivity contribution >= 4 is 0 Å². The Labute approximate surface area is 79.9 Å². The van der Waals surface area contributed by atoms with Crippen LogP contribution in [0, 0.1) is 0 Å². The Kier molecular flexibility index (Phi) is 7.17. The molecule has 0 saturated heterocycles. The van der Waals surface area contributed by atoms with Crippen LogP contribution in [-0.4, -0.2) is 48.2 Å². The molecular weight excluding hydrogens is 170 g/mol. The van der Waals surface area contributed by atoms with E-state index in [-0.39, 0.29) is 18.8 Å². The van der Waals surface area contributed by atoms with E-state index in [1.165, 1.54) is 0 Å². The van der Waals surface area contributed by atoms with E-state index in [0.717, 1.165) is 0 Å². The smallest absolute Gasteiger partial charge is 0.0897 e. The third-order valence-corrected chi connectivity index (χ3v) is 1.60. The Hall–Kier alpha value is -0.160. The predicted octanol–water partition coefficient (Wildman–Crippen LogP) is -0.257. The maximum Gasteiger partial charge on any atom is 0.0897 e. The lowest BCUT2D eigenvalue weighted by Gasteiger charge is -2.16. The Balaban J connectivity index is 3.34. The molecular formula is C9H21NO3. The SMILES string of the molecule is CC(CO)NCC(O)COC(C)C. The van der Waals surface area contributed by atoms with Crippen LogP contribution in [-0.2, 0) is 4.74 Å². The first kappa shape index (κ1) is 12.8. The summed E-state index contributed by atoms with van der Waals surface area (Å²) in [5, 5.41) is 21.0. The molecule has 0 saturated carbocycles. The van der Waals surface area contributed by atoms with Crippen molar-refractivity contribution in [1.82, 2.24) is 5.32 Å². The minimum absolute atomic E-state index is 0.0219. The number of aliphatic hydroxyl groups is 2. The lowest BCUT2D eigenvalue weighted by molar-refractivity contribution is 0.00501. The molecule has 0 bridgehead atoms. The van der Waals surface area contributed by atoms with Gasteiger partial charge in [-0.2, -0.15) is 0 Å². The molecule has 2 atom stereocenters. The topological polar surface area (TPSA) is 61.7 Å². The number of ether oxygens (including phenoxy) is 1. The van der Waals surface area contributed by atoms with Crippen molar-refractivity contribution in [3.8, 4) is 0 Å². The van der Waals surface area contributed by atoms with Gasteiger partial charge in [0.25, 0.3) is 0 Å². The second kappa shape index (κ2) is 7.26. The fourth-order valence-electron chi connectivity index (χ4n) is 0.764. The minimum atomic E-state index is -0.503.